The van der Waals surface area contributed by atoms with E-state index < -0.39 is 11.9 Å². The van der Waals surface area contributed by atoms with Crippen LogP contribution in [0.2, 0.25) is 0 Å². The molecule has 2 rings (SSSR count). The number of carbonyl (C=O) groups excluding carboxylic acids is 3. The van der Waals surface area contributed by atoms with E-state index in [0.29, 0.717) is 14.8 Å². The highest BCUT2D eigenvalue weighted by Crippen LogP contribution is 2.32. The second-order valence-corrected chi connectivity index (χ2v) is 6.24. The van der Waals surface area contributed by atoms with Crippen molar-refractivity contribution in [1.29, 1.82) is 0 Å². The molecule has 1 aliphatic rings. The summed E-state index contributed by atoms with van der Waals surface area (Å²) in [5.74, 6) is -2.01. The first kappa shape index (κ1) is 17.2. The molecular weight excluding hydrogens is 338 g/mol. The van der Waals surface area contributed by atoms with Crippen LogP contribution < -0.4 is 5.11 Å². The number of aliphatic carboxylic acids is 1. The number of benzene rings is 1. The monoisotopic (exact) mass is 350 g/mol. The van der Waals surface area contributed by atoms with Gasteiger partial charge in [-0.1, -0.05) is 36.1 Å². The second-order valence-electron chi connectivity index (χ2n) is 4.57. The summed E-state index contributed by atoms with van der Waals surface area (Å²) in [5.41, 5.74) is 1.13. The maximum Gasteiger partial charge on any atom is 0.337 e. The van der Waals surface area contributed by atoms with Crippen molar-refractivity contribution in [2.75, 3.05) is 13.7 Å². The number of hydrogen-bond donors (Lipinski definition) is 0. The molecule has 0 spiro atoms. The summed E-state index contributed by atoms with van der Waals surface area (Å²) in [6.07, 6.45) is 1.37. The summed E-state index contributed by atoms with van der Waals surface area (Å²) in [7, 11) is 1.30. The molecule has 0 radical (unpaired) electrons. The first-order valence-corrected chi connectivity index (χ1v) is 7.78. The minimum Gasteiger partial charge on any atom is -0.550 e. The third-order valence-electron chi connectivity index (χ3n) is 3.04. The zero-order valence-corrected chi connectivity index (χ0v) is 13.7. The number of thiocarbonyl (C=S) groups is 1. The van der Waals surface area contributed by atoms with Gasteiger partial charge in [0.05, 0.1) is 17.6 Å². The van der Waals surface area contributed by atoms with E-state index in [-0.39, 0.29) is 18.9 Å². The summed E-state index contributed by atoms with van der Waals surface area (Å²) in [5, 5.41) is 10.5. The third kappa shape index (κ3) is 4.17. The number of amides is 1. The summed E-state index contributed by atoms with van der Waals surface area (Å²) < 4.78 is 4.93. The topological polar surface area (TPSA) is 86.7 Å². The van der Waals surface area contributed by atoms with Gasteiger partial charge in [0.1, 0.15) is 4.32 Å². The second kappa shape index (κ2) is 7.38. The number of carbonyl (C=O) groups is 3. The lowest BCUT2D eigenvalue weighted by molar-refractivity contribution is -0.305. The van der Waals surface area contributed by atoms with Gasteiger partial charge in [-0.2, -0.15) is 0 Å². The number of ether oxygens (including phenoxy) is 1. The van der Waals surface area contributed by atoms with E-state index in [1.54, 1.807) is 30.3 Å². The molecule has 23 heavy (non-hydrogen) atoms. The lowest BCUT2D eigenvalue weighted by Gasteiger charge is -2.14. The maximum absolute atomic E-state index is 12.2. The molecule has 6 nitrogen and oxygen atoms in total. The quantitative estimate of drug-likeness (QED) is 0.441. The van der Waals surface area contributed by atoms with E-state index in [0.717, 1.165) is 17.3 Å². The molecule has 1 heterocycles. The van der Waals surface area contributed by atoms with Gasteiger partial charge < -0.3 is 14.6 Å². The van der Waals surface area contributed by atoms with Crippen molar-refractivity contribution in [1.82, 2.24) is 4.90 Å². The van der Waals surface area contributed by atoms with Crippen molar-refractivity contribution in [2.24, 2.45) is 0 Å². The molecule has 0 aromatic heterocycles. The first-order valence-electron chi connectivity index (χ1n) is 6.56. The van der Waals surface area contributed by atoms with Gasteiger partial charge in [0.15, 0.2) is 0 Å². The van der Waals surface area contributed by atoms with Crippen LogP contribution in [0, 0.1) is 0 Å². The van der Waals surface area contributed by atoms with Gasteiger partial charge in [-0.3, -0.25) is 9.69 Å². The fraction of sp³-hybridized carbons (Fsp3) is 0.200. The molecular formula is C15H12NO5S2-. The Morgan fingerprint density at radius 2 is 2.00 bits per heavy atom. The van der Waals surface area contributed by atoms with Crippen molar-refractivity contribution >= 4 is 52.2 Å². The number of rotatable bonds is 5. The highest BCUT2D eigenvalue weighted by molar-refractivity contribution is 8.26. The average molecular weight is 350 g/mol. The molecule has 0 unspecified atom stereocenters. The van der Waals surface area contributed by atoms with Crippen LogP contribution in [0.4, 0.5) is 0 Å². The van der Waals surface area contributed by atoms with Crippen molar-refractivity contribution in [3.63, 3.8) is 0 Å². The zero-order valence-electron chi connectivity index (χ0n) is 12.1. The zero-order chi connectivity index (χ0) is 17.0. The molecule has 0 aliphatic carbocycles. The van der Waals surface area contributed by atoms with Crippen molar-refractivity contribution in [2.45, 2.75) is 6.42 Å². The number of carboxylic acids is 1. The van der Waals surface area contributed by atoms with E-state index in [4.69, 9.17) is 12.2 Å². The molecule has 0 N–H and O–H groups in total. The SMILES string of the molecule is COC(=O)c1ccc(/C=C2\SC(=S)N(CCC(=O)[O-])C2=O)cc1. The Hall–Kier alpha value is -2.19. The van der Waals surface area contributed by atoms with E-state index in [1.165, 1.54) is 12.0 Å². The number of nitrogens with zero attached hydrogens (tertiary/aromatic N) is 1. The van der Waals surface area contributed by atoms with Crippen LogP contribution in [0.5, 0.6) is 0 Å². The number of hydrogen-bond acceptors (Lipinski definition) is 7. The molecule has 0 saturated carbocycles. The first-order chi connectivity index (χ1) is 10.9. The molecule has 120 valence electrons. The van der Waals surface area contributed by atoms with Crippen LogP contribution in [-0.2, 0) is 14.3 Å². The Balaban J connectivity index is 2.14. The molecule has 0 atom stereocenters. The fourth-order valence-electron chi connectivity index (χ4n) is 1.88. The number of carboxylic acid groups (broad SMARTS) is 1. The highest BCUT2D eigenvalue weighted by atomic mass is 32.2. The third-order valence-corrected chi connectivity index (χ3v) is 4.42. The molecule has 1 aromatic rings. The fourth-order valence-corrected chi connectivity index (χ4v) is 3.19. The smallest absolute Gasteiger partial charge is 0.337 e. The van der Waals surface area contributed by atoms with Gasteiger partial charge in [0.2, 0.25) is 0 Å². The van der Waals surface area contributed by atoms with E-state index in [1.807, 2.05) is 0 Å². The average Bonchev–Trinajstić information content (AvgIpc) is 2.79. The Kier molecular flexibility index (Phi) is 5.51. The van der Waals surface area contributed by atoms with Crippen LogP contribution in [0.25, 0.3) is 6.08 Å². The Bertz CT molecular complexity index is 696. The van der Waals surface area contributed by atoms with Crippen LogP contribution >= 0.6 is 24.0 Å². The van der Waals surface area contributed by atoms with Gasteiger partial charge in [-0.15, -0.1) is 0 Å². The predicted molar refractivity (Wildman–Crippen MR) is 87.3 cm³/mol. The van der Waals surface area contributed by atoms with Gasteiger partial charge in [0, 0.05) is 18.9 Å². The van der Waals surface area contributed by atoms with Gasteiger partial charge >= 0.3 is 5.97 Å². The van der Waals surface area contributed by atoms with Crippen molar-refractivity contribution in [3.05, 3.63) is 40.3 Å². The normalized spacial score (nSPS) is 16.0. The maximum atomic E-state index is 12.2. The van der Waals surface area contributed by atoms with Gasteiger partial charge in [-0.25, -0.2) is 4.79 Å². The number of esters is 1. The summed E-state index contributed by atoms with van der Waals surface area (Å²) in [6, 6.07) is 6.54. The molecule has 1 saturated heterocycles. The largest absolute Gasteiger partial charge is 0.550 e. The summed E-state index contributed by atoms with van der Waals surface area (Å²) >= 11 is 6.19. The van der Waals surface area contributed by atoms with Gasteiger partial charge in [0.25, 0.3) is 5.91 Å². The molecule has 8 heteroatoms. The van der Waals surface area contributed by atoms with Crippen LogP contribution in [-0.4, -0.2) is 40.7 Å². The van der Waals surface area contributed by atoms with Crippen molar-refractivity contribution in [3.8, 4) is 0 Å². The Morgan fingerprint density at radius 1 is 1.35 bits per heavy atom. The summed E-state index contributed by atoms with van der Waals surface area (Å²) in [4.78, 5) is 35.7. The van der Waals surface area contributed by atoms with Gasteiger partial charge in [-0.05, 0) is 23.8 Å². The standard InChI is InChI=1S/C15H13NO5S2/c1-21-14(20)10-4-2-9(3-5-10)8-11-13(19)16(15(22)23-11)7-6-12(17)18/h2-5,8H,6-7H2,1H3,(H,17,18)/p-1/b11-8-. The molecule has 1 fully saturated rings. The molecule has 1 aromatic carbocycles. The number of thioether (sulfide) groups is 1. The number of methoxy groups -OCH3 is 1. The molecule has 0 bridgehead atoms. The summed E-state index contributed by atoms with van der Waals surface area (Å²) in [6.45, 7) is -0.00831. The van der Waals surface area contributed by atoms with Crippen LogP contribution in [0.1, 0.15) is 22.3 Å². The van der Waals surface area contributed by atoms with Crippen molar-refractivity contribution < 1.29 is 24.2 Å². The van der Waals surface area contributed by atoms with Crippen LogP contribution in [0.15, 0.2) is 29.2 Å². The Morgan fingerprint density at radius 3 is 2.57 bits per heavy atom. The highest BCUT2D eigenvalue weighted by Gasteiger charge is 2.31. The van der Waals surface area contributed by atoms with Crippen LogP contribution in [0.3, 0.4) is 0 Å². The van der Waals surface area contributed by atoms with E-state index >= 15 is 0 Å². The lowest BCUT2D eigenvalue weighted by Crippen LogP contribution is -2.33. The van der Waals surface area contributed by atoms with E-state index in [9.17, 15) is 19.5 Å². The minimum absolute atomic E-state index is 0.00831. The minimum atomic E-state index is -1.23. The predicted octanol–water partition coefficient (Wildman–Crippen LogP) is 0.814. The molecule has 1 aliphatic heterocycles. The lowest BCUT2D eigenvalue weighted by atomic mass is 10.1. The molecule has 1 amide bonds. The van der Waals surface area contributed by atoms with E-state index in [2.05, 4.69) is 4.74 Å². The Labute approximate surface area is 142 Å².